The highest BCUT2D eigenvalue weighted by Gasteiger charge is 2.14. The van der Waals surface area contributed by atoms with Gasteiger partial charge in [0.15, 0.2) is 5.96 Å². The van der Waals surface area contributed by atoms with Crippen LogP contribution >= 0.6 is 24.0 Å². The van der Waals surface area contributed by atoms with Crippen molar-refractivity contribution in [1.29, 1.82) is 0 Å². The van der Waals surface area contributed by atoms with Gasteiger partial charge in [-0.1, -0.05) is 19.1 Å². The van der Waals surface area contributed by atoms with Crippen molar-refractivity contribution in [2.24, 2.45) is 10.9 Å². The number of piperidine rings is 1. The number of halogens is 1. The van der Waals surface area contributed by atoms with Crippen molar-refractivity contribution in [3.05, 3.63) is 42.5 Å². The molecule has 2 N–H and O–H groups in total. The van der Waals surface area contributed by atoms with Crippen LogP contribution in [0.25, 0.3) is 5.69 Å². The van der Waals surface area contributed by atoms with Crippen LogP contribution in [0.4, 0.5) is 0 Å². The van der Waals surface area contributed by atoms with Gasteiger partial charge in [-0.2, -0.15) is 5.10 Å². The highest BCUT2D eigenvalue weighted by atomic mass is 127. The van der Waals surface area contributed by atoms with Gasteiger partial charge in [-0.3, -0.25) is 4.99 Å². The molecule has 0 radical (unpaired) electrons. The van der Waals surface area contributed by atoms with Gasteiger partial charge in [0.05, 0.1) is 5.69 Å². The van der Waals surface area contributed by atoms with E-state index < -0.39 is 0 Å². The van der Waals surface area contributed by atoms with Gasteiger partial charge in [-0.15, -0.1) is 24.0 Å². The second-order valence-corrected chi connectivity index (χ2v) is 7.24. The highest BCUT2D eigenvalue weighted by molar-refractivity contribution is 14.0. The molecule has 0 amide bonds. The highest BCUT2D eigenvalue weighted by Crippen LogP contribution is 2.15. The van der Waals surface area contributed by atoms with Crippen molar-refractivity contribution in [2.75, 3.05) is 33.2 Å². The van der Waals surface area contributed by atoms with E-state index in [2.05, 4.69) is 49.7 Å². The lowest BCUT2D eigenvalue weighted by Crippen LogP contribution is -2.39. The molecular weight excluding hydrogens is 465 g/mol. The summed E-state index contributed by atoms with van der Waals surface area (Å²) < 4.78 is 1.75. The first-order chi connectivity index (χ1) is 13.2. The average Bonchev–Trinajstić information content (AvgIpc) is 3.24. The summed E-state index contributed by atoms with van der Waals surface area (Å²) in [4.78, 5) is 10.9. The van der Waals surface area contributed by atoms with E-state index in [4.69, 9.17) is 0 Å². The van der Waals surface area contributed by atoms with E-state index in [0.717, 1.165) is 37.1 Å². The van der Waals surface area contributed by atoms with Crippen LogP contribution < -0.4 is 10.6 Å². The van der Waals surface area contributed by atoms with E-state index in [1.54, 1.807) is 11.0 Å². The van der Waals surface area contributed by atoms with Crippen molar-refractivity contribution in [3.8, 4) is 5.69 Å². The maximum Gasteiger partial charge on any atom is 0.191 e. The van der Waals surface area contributed by atoms with Crippen LogP contribution in [0.2, 0.25) is 0 Å². The first-order valence-corrected chi connectivity index (χ1v) is 9.85. The summed E-state index contributed by atoms with van der Waals surface area (Å²) in [6.07, 6.45) is 7.06. The zero-order chi connectivity index (χ0) is 18.9. The number of hydrogen-bond donors (Lipinski definition) is 2. The zero-order valence-corrected chi connectivity index (χ0v) is 19.2. The Morgan fingerprint density at radius 2 is 1.93 bits per heavy atom. The lowest BCUT2D eigenvalue weighted by atomic mass is 9.99. The normalized spacial score (nSPS) is 15.9. The summed E-state index contributed by atoms with van der Waals surface area (Å²) >= 11 is 0. The molecule has 1 fully saturated rings. The topological polar surface area (TPSA) is 70.4 Å². The predicted molar refractivity (Wildman–Crippen MR) is 124 cm³/mol. The third kappa shape index (κ3) is 7.05. The molecule has 0 spiro atoms. The Labute approximate surface area is 185 Å². The number of hydrogen-bond acceptors (Lipinski definition) is 4. The fourth-order valence-corrected chi connectivity index (χ4v) is 3.31. The summed E-state index contributed by atoms with van der Waals surface area (Å²) in [5.74, 6) is 1.75. The van der Waals surface area contributed by atoms with E-state index in [-0.39, 0.29) is 24.0 Å². The van der Waals surface area contributed by atoms with Crippen LogP contribution in [0.15, 0.2) is 41.9 Å². The quantitative estimate of drug-likeness (QED) is 0.267. The monoisotopic (exact) mass is 497 g/mol. The van der Waals surface area contributed by atoms with Crippen LogP contribution in [0, 0.1) is 5.92 Å². The summed E-state index contributed by atoms with van der Waals surface area (Å²) in [5.41, 5.74) is 2.20. The standard InChI is InChI=1S/C20H31N7.HI/c1-17-8-12-26(13-9-17)11-3-10-23-20(21-2)24-14-18-4-6-19(7-5-18)27-16-22-15-25-27;/h4-7,15-17H,3,8-14H2,1-2H3,(H2,21,23,24);1H. The van der Waals surface area contributed by atoms with Crippen LogP contribution in [0.5, 0.6) is 0 Å². The predicted octanol–water partition coefficient (Wildman–Crippen LogP) is 2.67. The number of nitrogens with zero attached hydrogens (tertiary/aromatic N) is 5. The minimum atomic E-state index is 0. The fraction of sp³-hybridized carbons (Fsp3) is 0.550. The molecule has 154 valence electrons. The third-order valence-electron chi connectivity index (χ3n) is 5.12. The van der Waals surface area contributed by atoms with Crippen LogP contribution in [-0.2, 0) is 6.54 Å². The van der Waals surface area contributed by atoms with Gasteiger partial charge in [0.25, 0.3) is 0 Å². The molecule has 0 saturated carbocycles. The van der Waals surface area contributed by atoms with Gasteiger partial charge >= 0.3 is 0 Å². The minimum absolute atomic E-state index is 0. The van der Waals surface area contributed by atoms with Crippen molar-refractivity contribution < 1.29 is 0 Å². The van der Waals surface area contributed by atoms with E-state index in [0.29, 0.717) is 0 Å². The lowest BCUT2D eigenvalue weighted by Gasteiger charge is -2.30. The maximum absolute atomic E-state index is 4.31. The number of benzene rings is 1. The average molecular weight is 497 g/mol. The van der Waals surface area contributed by atoms with Crippen molar-refractivity contribution in [2.45, 2.75) is 32.7 Å². The molecule has 0 aliphatic carbocycles. The second kappa shape index (κ2) is 12.0. The van der Waals surface area contributed by atoms with E-state index in [1.807, 2.05) is 19.2 Å². The molecule has 1 aliphatic heterocycles. The molecule has 7 nitrogen and oxygen atoms in total. The number of aromatic nitrogens is 3. The van der Waals surface area contributed by atoms with E-state index >= 15 is 0 Å². The van der Waals surface area contributed by atoms with Crippen LogP contribution in [0.3, 0.4) is 0 Å². The maximum atomic E-state index is 4.31. The molecule has 3 rings (SSSR count). The zero-order valence-electron chi connectivity index (χ0n) is 16.8. The molecule has 8 heteroatoms. The lowest BCUT2D eigenvalue weighted by molar-refractivity contribution is 0.191. The summed E-state index contributed by atoms with van der Waals surface area (Å²) in [7, 11) is 1.81. The van der Waals surface area contributed by atoms with Crippen molar-refractivity contribution in [1.82, 2.24) is 30.3 Å². The molecule has 0 unspecified atom stereocenters. The number of guanidine groups is 1. The van der Waals surface area contributed by atoms with Gasteiger partial charge in [0.2, 0.25) is 0 Å². The van der Waals surface area contributed by atoms with Gasteiger partial charge in [-0.05, 0) is 62.5 Å². The van der Waals surface area contributed by atoms with Gasteiger partial charge in [-0.25, -0.2) is 9.67 Å². The molecule has 1 aliphatic rings. The SMILES string of the molecule is CN=C(NCCCN1CCC(C)CC1)NCc1ccc(-n2cncn2)cc1.I. The smallest absolute Gasteiger partial charge is 0.191 e. The second-order valence-electron chi connectivity index (χ2n) is 7.24. The van der Waals surface area contributed by atoms with Crippen molar-refractivity contribution >= 4 is 29.9 Å². The number of rotatable bonds is 7. The molecule has 28 heavy (non-hydrogen) atoms. The van der Waals surface area contributed by atoms with Crippen LogP contribution in [0.1, 0.15) is 31.7 Å². The number of likely N-dealkylation sites (tertiary alicyclic amines) is 1. The van der Waals surface area contributed by atoms with E-state index in [9.17, 15) is 0 Å². The molecular formula is C20H32IN7. The molecule has 1 saturated heterocycles. The first kappa shape index (κ1) is 22.6. The summed E-state index contributed by atoms with van der Waals surface area (Å²) in [5, 5.41) is 10.9. The molecule has 1 aromatic heterocycles. The third-order valence-corrected chi connectivity index (χ3v) is 5.12. The van der Waals surface area contributed by atoms with Crippen LogP contribution in [-0.4, -0.2) is 58.9 Å². The number of nitrogens with one attached hydrogen (secondary N) is 2. The molecule has 2 heterocycles. The Bertz CT molecular complexity index is 692. The summed E-state index contributed by atoms with van der Waals surface area (Å²) in [6.45, 7) is 7.70. The molecule has 1 aromatic carbocycles. The minimum Gasteiger partial charge on any atom is -0.356 e. The Hall–Kier alpha value is -1.68. The molecule has 0 bridgehead atoms. The van der Waals surface area contributed by atoms with E-state index in [1.165, 1.54) is 44.4 Å². The fourth-order valence-electron chi connectivity index (χ4n) is 3.31. The Kier molecular flexibility index (Phi) is 9.69. The largest absolute Gasteiger partial charge is 0.356 e. The molecule has 0 atom stereocenters. The molecule has 2 aromatic rings. The van der Waals surface area contributed by atoms with Gasteiger partial charge in [0.1, 0.15) is 12.7 Å². The number of aliphatic imine (C=N–C) groups is 1. The van der Waals surface area contributed by atoms with Crippen molar-refractivity contribution in [3.63, 3.8) is 0 Å². The first-order valence-electron chi connectivity index (χ1n) is 9.85. The Morgan fingerprint density at radius 3 is 2.57 bits per heavy atom. The summed E-state index contributed by atoms with van der Waals surface area (Å²) in [6, 6.07) is 8.27. The Morgan fingerprint density at radius 1 is 1.18 bits per heavy atom. The Balaban J connectivity index is 0.00000280. The van der Waals surface area contributed by atoms with Gasteiger partial charge < -0.3 is 15.5 Å². The van der Waals surface area contributed by atoms with Gasteiger partial charge in [0, 0.05) is 20.1 Å².